The first-order chi connectivity index (χ1) is 29.5. The van der Waals surface area contributed by atoms with Crippen LogP contribution in [0.1, 0.15) is 55.4 Å². The van der Waals surface area contributed by atoms with Crippen molar-refractivity contribution in [3.05, 3.63) is 210 Å². The number of rotatable bonds is 3. The number of furan rings is 1. The van der Waals surface area contributed by atoms with Crippen LogP contribution < -0.4 is 0 Å². The van der Waals surface area contributed by atoms with E-state index < -0.39 is 0 Å². The zero-order valence-corrected chi connectivity index (χ0v) is 34.0. The molecule has 0 saturated carbocycles. The van der Waals surface area contributed by atoms with Gasteiger partial charge >= 0.3 is 0 Å². The molecule has 0 spiro atoms. The monoisotopic (exact) mass is 768 g/mol. The lowest BCUT2D eigenvalue weighted by molar-refractivity contribution is 0.418. The van der Waals surface area contributed by atoms with Crippen LogP contribution in [0.15, 0.2) is 193 Å². The summed E-state index contributed by atoms with van der Waals surface area (Å²) in [6.45, 7) is 4.89. The summed E-state index contributed by atoms with van der Waals surface area (Å²) in [6, 6.07) is 49.9. The Morgan fingerprint density at radius 2 is 1.12 bits per heavy atom. The van der Waals surface area contributed by atoms with E-state index in [9.17, 15) is 0 Å². The molecule has 286 valence electrons. The second kappa shape index (κ2) is 13.5. The van der Waals surface area contributed by atoms with Crippen molar-refractivity contribution >= 4 is 81.7 Å². The summed E-state index contributed by atoms with van der Waals surface area (Å²) in [7, 11) is 0. The standard InChI is InChI=1S/C59H44O/c1-59(2)52-31-29-42-35-55-51(44-18-14-15-23-54(44)60-55)36-50(42)58(52)49-30-28-41(34-53(49)59)39-24-25-40-33-43(27-26-38(40)32-39)57-47-21-12-10-19-45(47)56(46-20-11-13-22-48(46)57)37-16-8-6-4-3-5-7-9-17-37/h3-4,6-15,17-33,35-36,53H,5,16,34H2,1-2H3/b4-3-,8-6-,9-7-,37-17+. The Morgan fingerprint density at radius 1 is 0.467 bits per heavy atom. The predicted octanol–water partition coefficient (Wildman–Crippen LogP) is 16.5. The van der Waals surface area contributed by atoms with Crippen molar-refractivity contribution in [2.75, 3.05) is 0 Å². The van der Waals surface area contributed by atoms with E-state index in [2.05, 4.69) is 202 Å². The Bertz CT molecular complexity index is 3420. The highest BCUT2D eigenvalue weighted by Crippen LogP contribution is 2.57. The molecule has 1 atom stereocenters. The van der Waals surface area contributed by atoms with Crippen LogP contribution in [0.2, 0.25) is 0 Å². The van der Waals surface area contributed by atoms with Crippen molar-refractivity contribution in [1.29, 1.82) is 0 Å². The molecule has 1 heteroatoms. The first-order valence-electron chi connectivity index (χ1n) is 21.5. The lowest BCUT2D eigenvalue weighted by Gasteiger charge is -2.31. The summed E-state index contributed by atoms with van der Waals surface area (Å²) < 4.78 is 6.29. The van der Waals surface area contributed by atoms with Crippen LogP contribution in [0, 0.1) is 5.92 Å². The quantitative estimate of drug-likeness (QED) is 0.163. The van der Waals surface area contributed by atoms with Crippen LogP contribution in [0.5, 0.6) is 0 Å². The molecule has 0 radical (unpaired) electrons. The first kappa shape index (κ1) is 35.0. The third-order valence-corrected chi connectivity index (χ3v) is 13.8. The number of para-hydroxylation sites is 1. The van der Waals surface area contributed by atoms with Crippen LogP contribution in [0.25, 0.3) is 92.9 Å². The molecule has 12 rings (SSSR count). The largest absolute Gasteiger partial charge is 0.456 e. The van der Waals surface area contributed by atoms with Crippen LogP contribution in [-0.4, -0.2) is 0 Å². The van der Waals surface area contributed by atoms with Gasteiger partial charge in [-0.05, 0) is 154 Å². The van der Waals surface area contributed by atoms with Gasteiger partial charge in [0, 0.05) is 10.8 Å². The predicted molar refractivity (Wildman–Crippen MR) is 257 cm³/mol. The average molecular weight is 769 g/mol. The Kier molecular flexibility index (Phi) is 7.91. The molecule has 3 aliphatic rings. The minimum atomic E-state index is 0.00456. The second-order valence-corrected chi connectivity index (χ2v) is 17.5. The van der Waals surface area contributed by atoms with Crippen molar-refractivity contribution in [2.45, 2.75) is 38.5 Å². The Balaban J connectivity index is 0.940. The number of hydrogen-bond donors (Lipinski definition) is 0. The molecule has 60 heavy (non-hydrogen) atoms. The molecule has 0 amide bonds. The van der Waals surface area contributed by atoms with E-state index in [0.717, 1.165) is 30.4 Å². The Labute approximate surface area is 350 Å². The van der Waals surface area contributed by atoms with Gasteiger partial charge in [0.15, 0.2) is 0 Å². The van der Waals surface area contributed by atoms with E-state index in [1.54, 1.807) is 0 Å². The number of benzene rings is 8. The number of allylic oxidation sites excluding steroid dienone is 12. The fourth-order valence-corrected chi connectivity index (χ4v) is 10.8. The average Bonchev–Trinajstić information content (AvgIpc) is 3.76. The zero-order chi connectivity index (χ0) is 40.0. The van der Waals surface area contributed by atoms with Crippen molar-refractivity contribution in [2.24, 2.45) is 5.92 Å². The molecule has 8 aromatic carbocycles. The summed E-state index contributed by atoms with van der Waals surface area (Å²) in [5.74, 6) is 0.397. The van der Waals surface area contributed by atoms with Crippen LogP contribution in [0.4, 0.5) is 0 Å². The molecular formula is C59H44O. The van der Waals surface area contributed by atoms with Gasteiger partial charge in [-0.3, -0.25) is 0 Å². The van der Waals surface area contributed by atoms with Gasteiger partial charge < -0.3 is 4.42 Å². The maximum Gasteiger partial charge on any atom is 0.136 e. The van der Waals surface area contributed by atoms with E-state index in [0.29, 0.717) is 5.92 Å². The molecule has 0 bridgehead atoms. The van der Waals surface area contributed by atoms with Crippen molar-refractivity contribution in [1.82, 2.24) is 0 Å². The van der Waals surface area contributed by atoms with Gasteiger partial charge in [0.2, 0.25) is 0 Å². The third kappa shape index (κ3) is 5.39. The summed E-state index contributed by atoms with van der Waals surface area (Å²) in [5, 5.41) is 12.7. The highest BCUT2D eigenvalue weighted by molar-refractivity contribution is 6.19. The maximum absolute atomic E-state index is 6.29. The molecule has 0 N–H and O–H groups in total. The first-order valence-corrected chi connectivity index (χ1v) is 21.5. The lowest BCUT2D eigenvalue weighted by Crippen LogP contribution is -2.24. The smallest absolute Gasteiger partial charge is 0.136 e. The number of hydrogen-bond acceptors (Lipinski definition) is 1. The molecule has 0 aliphatic heterocycles. The third-order valence-electron chi connectivity index (χ3n) is 13.8. The molecular weight excluding hydrogens is 725 g/mol. The van der Waals surface area contributed by atoms with E-state index >= 15 is 0 Å². The van der Waals surface area contributed by atoms with Gasteiger partial charge in [-0.1, -0.05) is 172 Å². The summed E-state index contributed by atoms with van der Waals surface area (Å²) in [4.78, 5) is 0. The zero-order valence-electron chi connectivity index (χ0n) is 34.0. The Morgan fingerprint density at radius 3 is 1.90 bits per heavy atom. The fraction of sp³-hybridized carbons (Fsp3) is 0.119. The molecule has 1 nitrogen and oxygen atoms in total. The summed E-state index contributed by atoms with van der Waals surface area (Å²) >= 11 is 0. The van der Waals surface area contributed by atoms with Crippen LogP contribution in [0.3, 0.4) is 0 Å². The van der Waals surface area contributed by atoms with E-state index in [1.807, 2.05) is 0 Å². The summed E-state index contributed by atoms with van der Waals surface area (Å²) in [6.07, 6.45) is 23.3. The van der Waals surface area contributed by atoms with Crippen molar-refractivity contribution < 1.29 is 4.42 Å². The van der Waals surface area contributed by atoms with E-state index in [1.165, 1.54) is 104 Å². The topological polar surface area (TPSA) is 13.1 Å². The highest BCUT2D eigenvalue weighted by Gasteiger charge is 2.44. The molecule has 1 aromatic heterocycles. The van der Waals surface area contributed by atoms with Gasteiger partial charge in [-0.25, -0.2) is 0 Å². The minimum absolute atomic E-state index is 0.00456. The molecule has 9 aromatic rings. The van der Waals surface area contributed by atoms with Gasteiger partial charge in [0.05, 0.1) is 0 Å². The van der Waals surface area contributed by atoms with Gasteiger partial charge in [0.25, 0.3) is 0 Å². The summed E-state index contributed by atoms with van der Waals surface area (Å²) in [5.41, 5.74) is 14.2. The Hall–Kier alpha value is -6.96. The second-order valence-electron chi connectivity index (χ2n) is 17.5. The molecule has 1 heterocycles. The van der Waals surface area contributed by atoms with Crippen molar-refractivity contribution in [3.63, 3.8) is 0 Å². The molecule has 3 aliphatic carbocycles. The van der Waals surface area contributed by atoms with Crippen molar-refractivity contribution in [3.8, 4) is 11.1 Å². The van der Waals surface area contributed by atoms with Crippen LogP contribution in [-0.2, 0) is 5.41 Å². The highest BCUT2D eigenvalue weighted by atomic mass is 16.3. The van der Waals surface area contributed by atoms with E-state index in [4.69, 9.17) is 4.42 Å². The van der Waals surface area contributed by atoms with Crippen LogP contribution >= 0.6 is 0 Å². The minimum Gasteiger partial charge on any atom is -0.456 e. The van der Waals surface area contributed by atoms with E-state index in [-0.39, 0.29) is 5.41 Å². The van der Waals surface area contributed by atoms with Gasteiger partial charge in [0.1, 0.15) is 11.2 Å². The normalized spacial score (nSPS) is 19.8. The maximum atomic E-state index is 6.29. The SMILES string of the molecule is CC1(C)c2ccc3cc4oc5ccccc5c4cc3c2C2=CC=C(c3ccc4cc(-c5c6ccccc6c(/C6=C/C=C\C/C=C\C=C/C6)c6ccccc56)ccc4c3)CC21. The van der Waals surface area contributed by atoms with Gasteiger partial charge in [-0.2, -0.15) is 0 Å². The molecule has 1 unspecified atom stereocenters. The fourth-order valence-electron chi connectivity index (χ4n) is 10.8. The lowest BCUT2D eigenvalue weighted by atomic mass is 9.72. The molecule has 0 saturated heterocycles. The molecule has 0 fully saturated rings. The number of fused-ring (bicyclic) bond motifs is 11. The van der Waals surface area contributed by atoms with Gasteiger partial charge in [-0.15, -0.1) is 0 Å².